The number of epoxide rings is 1. The minimum absolute atomic E-state index is 0.0761. The maximum absolute atomic E-state index is 15.5. The molecule has 3 aromatic rings. The molecule has 0 amide bonds. The number of fused-ring (bicyclic) bond motifs is 7. The van der Waals surface area contributed by atoms with Gasteiger partial charge in [0.1, 0.15) is 11.9 Å². The van der Waals surface area contributed by atoms with Crippen molar-refractivity contribution in [1.82, 2.24) is 9.55 Å². The Balaban J connectivity index is 0.952. The van der Waals surface area contributed by atoms with Crippen molar-refractivity contribution in [3.8, 4) is 0 Å². The standard InChI is InChI=1S/C63H86N2O6/c1-58(2)57(71-58)48(67)31-59(3)23-18-39-33-64-53-40(28-36-29-44(38-21-26-70-27-22-38)43-17-16-37-12-8-11-15-42(37)45(43)30-36)34-65(54(39)53)35-46-51-52(59)47(66)32-62(51,6)61(5)25-19-49-60(4,56(61)55(46)69)24-20-50(68)63(49,7)41-13-9-10-14-41/h29-30,33-34,37-38,41-42,46,48-49,55-57,64,67,69H,8-28,31-32,35H2,1-7H3. The number of hydrogen-bond acceptors (Lipinski definition) is 6. The van der Waals surface area contributed by atoms with E-state index in [0.29, 0.717) is 49.3 Å². The third-order valence-corrected chi connectivity index (χ3v) is 24.0. The molecule has 1 aromatic carbocycles. The normalized spacial score (nSPS) is 41.6. The molecule has 13 unspecified atom stereocenters. The highest BCUT2D eigenvalue weighted by molar-refractivity contribution is 6.02. The summed E-state index contributed by atoms with van der Waals surface area (Å²) in [6, 6.07) is 5.24. The van der Waals surface area contributed by atoms with Gasteiger partial charge in [0.05, 0.1) is 28.8 Å². The summed E-state index contributed by atoms with van der Waals surface area (Å²) in [5, 5.41) is 26.1. The molecule has 0 radical (unpaired) electrons. The van der Waals surface area contributed by atoms with Gasteiger partial charge in [0.15, 0.2) is 5.78 Å². The van der Waals surface area contributed by atoms with Crippen molar-refractivity contribution in [2.24, 2.45) is 56.7 Å². The summed E-state index contributed by atoms with van der Waals surface area (Å²) in [7, 11) is 0. The van der Waals surface area contributed by atoms with Gasteiger partial charge < -0.3 is 29.2 Å². The molecule has 10 aliphatic rings. The number of aromatic amines is 1. The largest absolute Gasteiger partial charge is 0.392 e. The molecular formula is C63H86N2O6. The molecule has 384 valence electrons. The third-order valence-electron chi connectivity index (χ3n) is 24.0. The van der Waals surface area contributed by atoms with Crippen LogP contribution >= 0.6 is 0 Å². The second-order valence-electron chi connectivity index (χ2n) is 27.8. The molecule has 2 aromatic heterocycles. The summed E-state index contributed by atoms with van der Waals surface area (Å²) in [5.74, 6) is 2.94. The number of aromatic nitrogens is 2. The van der Waals surface area contributed by atoms with Crippen LogP contribution < -0.4 is 0 Å². The number of ketones is 2. The van der Waals surface area contributed by atoms with Crippen LogP contribution in [0, 0.1) is 56.7 Å². The Kier molecular flexibility index (Phi) is 11.1. The number of ether oxygens (including phenoxy) is 2. The van der Waals surface area contributed by atoms with E-state index in [9.17, 15) is 15.0 Å². The van der Waals surface area contributed by atoms with Crippen LogP contribution in [0.5, 0.6) is 0 Å². The lowest BCUT2D eigenvalue weighted by molar-refractivity contribution is -0.227. The van der Waals surface area contributed by atoms with Gasteiger partial charge in [-0.15, -0.1) is 0 Å². The molecule has 13 rings (SSSR count). The van der Waals surface area contributed by atoms with E-state index in [1.165, 1.54) is 84.7 Å². The molecule has 3 aliphatic heterocycles. The van der Waals surface area contributed by atoms with Crippen molar-refractivity contribution in [3.63, 3.8) is 0 Å². The number of benzene rings is 1. The Bertz CT molecular complexity index is 2680. The molecule has 8 heteroatoms. The predicted molar refractivity (Wildman–Crippen MR) is 278 cm³/mol. The highest BCUT2D eigenvalue weighted by Gasteiger charge is 2.73. The molecule has 8 nitrogen and oxygen atoms in total. The first-order valence-corrected chi connectivity index (χ1v) is 29.2. The fourth-order valence-corrected chi connectivity index (χ4v) is 20.3. The van der Waals surface area contributed by atoms with Crippen molar-refractivity contribution in [1.29, 1.82) is 0 Å². The highest BCUT2D eigenvalue weighted by Crippen LogP contribution is 2.76. The SMILES string of the molecule is CC1(CC(O)C2OC2(C)C)CCc2c[nH]c3c(Cc4cc(C5CCOCC5)c5c(c4)C4CCCCC4CC5)cn(c23)CC2C3=C1C(=O)CC3(C)C1(C)CCC3C(C)(CCC(=O)C3(C)C3CCCC3)C1C2O. The summed E-state index contributed by atoms with van der Waals surface area (Å²) >= 11 is 0. The smallest absolute Gasteiger partial charge is 0.160 e. The second-order valence-corrected chi connectivity index (χ2v) is 27.8. The number of nitrogens with zero attached hydrogens (tertiary/aromatic N) is 1. The lowest BCUT2D eigenvalue weighted by atomic mass is 9.33. The highest BCUT2D eigenvalue weighted by atomic mass is 16.6. The molecule has 71 heavy (non-hydrogen) atoms. The molecule has 2 saturated heterocycles. The van der Waals surface area contributed by atoms with Crippen LogP contribution in [0.4, 0.5) is 0 Å². The van der Waals surface area contributed by atoms with E-state index in [1.807, 2.05) is 0 Å². The summed E-state index contributed by atoms with van der Waals surface area (Å²) < 4.78 is 14.6. The van der Waals surface area contributed by atoms with Gasteiger partial charge in [0.25, 0.3) is 0 Å². The van der Waals surface area contributed by atoms with Gasteiger partial charge in [-0.1, -0.05) is 72.4 Å². The zero-order chi connectivity index (χ0) is 49.2. The van der Waals surface area contributed by atoms with E-state index < -0.39 is 28.6 Å². The average Bonchev–Trinajstić information content (AvgIpc) is 3.90. The third kappa shape index (κ3) is 6.86. The van der Waals surface area contributed by atoms with Crippen molar-refractivity contribution >= 4 is 22.6 Å². The van der Waals surface area contributed by atoms with Gasteiger partial charge in [0.2, 0.25) is 0 Å². The van der Waals surface area contributed by atoms with Gasteiger partial charge in [0, 0.05) is 73.7 Å². The number of rotatable bonds is 7. The van der Waals surface area contributed by atoms with E-state index in [0.717, 1.165) is 88.9 Å². The summed E-state index contributed by atoms with van der Waals surface area (Å²) in [6.07, 6.45) is 24.3. The number of aliphatic hydroxyl groups excluding tert-OH is 2. The van der Waals surface area contributed by atoms with Gasteiger partial charge in [-0.05, 0) is 194 Å². The summed E-state index contributed by atoms with van der Waals surface area (Å²) in [5.41, 5.74) is 10.9. The number of aliphatic hydroxyl groups is 2. The van der Waals surface area contributed by atoms with Gasteiger partial charge in [-0.25, -0.2) is 0 Å². The van der Waals surface area contributed by atoms with Gasteiger partial charge >= 0.3 is 0 Å². The number of allylic oxidation sites excluding steroid dienone is 1. The van der Waals surface area contributed by atoms with E-state index >= 15 is 4.79 Å². The lowest BCUT2D eigenvalue weighted by Crippen LogP contribution is -2.68. The molecule has 13 atom stereocenters. The van der Waals surface area contributed by atoms with Crippen LogP contribution in [-0.2, 0) is 44.9 Å². The van der Waals surface area contributed by atoms with Crippen molar-refractivity contribution in [2.75, 3.05) is 13.2 Å². The first-order chi connectivity index (χ1) is 33.9. The summed E-state index contributed by atoms with van der Waals surface area (Å²) in [6.45, 7) is 18.4. The Labute approximate surface area is 424 Å². The van der Waals surface area contributed by atoms with E-state index in [4.69, 9.17) is 9.47 Å². The molecule has 7 aliphatic carbocycles. The predicted octanol–water partition coefficient (Wildman–Crippen LogP) is 12.4. The Morgan fingerprint density at radius 3 is 2.32 bits per heavy atom. The van der Waals surface area contributed by atoms with Crippen LogP contribution in [0.1, 0.15) is 209 Å². The maximum atomic E-state index is 15.5. The van der Waals surface area contributed by atoms with Crippen molar-refractivity contribution in [3.05, 3.63) is 69.1 Å². The van der Waals surface area contributed by atoms with Crippen LogP contribution in [0.25, 0.3) is 11.0 Å². The number of carbonyl (C=O) groups excluding carboxylic acids is 2. The minimum atomic E-state index is -0.711. The van der Waals surface area contributed by atoms with Crippen LogP contribution in [-0.4, -0.2) is 68.5 Å². The number of Topliss-reactive ketones (excluding diaryl/α,β-unsaturated/α-hetero) is 2. The maximum Gasteiger partial charge on any atom is 0.160 e. The topological polar surface area (TPSA) is 117 Å². The van der Waals surface area contributed by atoms with E-state index in [-0.39, 0.29) is 45.9 Å². The number of carbonyl (C=O) groups is 2. The van der Waals surface area contributed by atoms with E-state index in [2.05, 4.69) is 82.5 Å². The Morgan fingerprint density at radius 2 is 1.56 bits per heavy atom. The second kappa shape index (κ2) is 16.5. The molecular weight excluding hydrogens is 881 g/mol. The molecule has 7 fully saturated rings. The number of H-pyrrole nitrogens is 1. The number of hydrogen-bond donors (Lipinski definition) is 3. The molecule has 5 heterocycles. The zero-order valence-corrected chi connectivity index (χ0v) is 44.5. The summed E-state index contributed by atoms with van der Waals surface area (Å²) in [4.78, 5) is 33.9. The molecule has 0 spiro atoms. The molecule has 5 saturated carbocycles. The fourth-order valence-electron chi connectivity index (χ4n) is 20.3. The van der Waals surface area contributed by atoms with Crippen LogP contribution in [0.3, 0.4) is 0 Å². The Morgan fingerprint density at radius 1 is 0.831 bits per heavy atom. The zero-order valence-electron chi connectivity index (χ0n) is 44.5. The number of nitrogens with one attached hydrogen (secondary N) is 1. The fraction of sp³-hybridized carbons (Fsp3) is 0.746. The molecule has 3 N–H and O–H groups in total. The van der Waals surface area contributed by atoms with E-state index in [1.54, 1.807) is 16.7 Å². The van der Waals surface area contributed by atoms with Gasteiger partial charge in [-0.2, -0.15) is 0 Å². The molecule has 0 bridgehead atoms. The first kappa shape index (κ1) is 47.7. The first-order valence-electron chi connectivity index (χ1n) is 29.2. The Hall–Kier alpha value is -3.04. The van der Waals surface area contributed by atoms with Crippen LogP contribution in [0.2, 0.25) is 0 Å². The van der Waals surface area contributed by atoms with Crippen molar-refractivity contribution in [2.45, 2.75) is 226 Å². The number of aryl methyl sites for hydroxylation is 1. The lowest BCUT2D eigenvalue weighted by Gasteiger charge is -2.70. The quantitative estimate of drug-likeness (QED) is 0.203. The minimum Gasteiger partial charge on any atom is -0.392 e. The van der Waals surface area contributed by atoms with Crippen molar-refractivity contribution < 1.29 is 29.3 Å². The monoisotopic (exact) mass is 967 g/mol. The van der Waals surface area contributed by atoms with Crippen LogP contribution in [0.15, 0.2) is 35.7 Å². The average molecular weight is 967 g/mol. The van der Waals surface area contributed by atoms with Gasteiger partial charge in [-0.3, -0.25) is 9.59 Å².